The summed E-state index contributed by atoms with van der Waals surface area (Å²) in [5, 5.41) is 8.43. The molecule has 5 rings (SSSR count). The maximum atomic E-state index is 12.8. The van der Waals surface area contributed by atoms with Crippen molar-refractivity contribution in [2.75, 3.05) is 33.7 Å². The molecule has 0 bridgehead atoms. The first-order chi connectivity index (χ1) is 14.9. The Hall–Kier alpha value is -3.89. The molecule has 2 aromatic rings. The number of likely N-dealkylation sites (N-methyl/N-ethyl adjacent to an activating group) is 2. The Kier molecular flexibility index (Phi) is 4.38. The molecule has 0 radical (unpaired) electrons. The molecule has 2 saturated heterocycles. The third-order valence-electron chi connectivity index (χ3n) is 5.88. The van der Waals surface area contributed by atoms with Gasteiger partial charge >= 0.3 is 6.03 Å². The summed E-state index contributed by atoms with van der Waals surface area (Å²) in [6, 6.07) is 8.67. The minimum Gasteiger partial charge on any atom is -0.335 e. The topological polar surface area (TPSA) is 107 Å². The van der Waals surface area contributed by atoms with Gasteiger partial charge in [-0.05, 0) is 4.99 Å². The van der Waals surface area contributed by atoms with Crippen LogP contribution in [0.25, 0.3) is 11.3 Å². The summed E-state index contributed by atoms with van der Waals surface area (Å²) in [6.45, 7) is 1.06. The Labute approximate surface area is 177 Å². The number of fused-ring (bicyclic) bond motifs is 1. The number of urea groups is 1. The summed E-state index contributed by atoms with van der Waals surface area (Å²) in [4.78, 5) is 45.7. The number of aliphatic imine (C=N–C) groups is 1. The zero-order valence-electron chi connectivity index (χ0n) is 17.1. The number of hydrogen-bond donors (Lipinski definition) is 0. The van der Waals surface area contributed by atoms with Gasteiger partial charge in [0.1, 0.15) is 5.69 Å². The number of amides is 4. The Morgan fingerprint density at radius 1 is 1.13 bits per heavy atom. The van der Waals surface area contributed by atoms with Gasteiger partial charge in [-0.25, -0.2) is 14.1 Å². The molecule has 1 atom stereocenters. The highest BCUT2D eigenvalue weighted by molar-refractivity contribution is 6.21. The van der Waals surface area contributed by atoms with Gasteiger partial charge in [0, 0.05) is 32.7 Å². The van der Waals surface area contributed by atoms with Crippen molar-refractivity contribution in [3.63, 3.8) is 0 Å². The minimum atomic E-state index is -0.752. The fourth-order valence-corrected chi connectivity index (χ4v) is 3.95. The number of hydrogen-bond acceptors (Lipinski definition) is 6. The van der Waals surface area contributed by atoms with Crippen molar-refractivity contribution in [1.29, 1.82) is 0 Å². The van der Waals surface area contributed by atoms with Crippen LogP contribution in [0.15, 0.2) is 41.5 Å². The molecule has 4 amide bonds. The highest BCUT2D eigenvalue weighted by atomic mass is 16.2. The third-order valence-corrected chi connectivity index (χ3v) is 5.88. The van der Waals surface area contributed by atoms with Gasteiger partial charge in [0.2, 0.25) is 0 Å². The summed E-state index contributed by atoms with van der Waals surface area (Å²) in [7, 11) is 3.00. The summed E-state index contributed by atoms with van der Waals surface area (Å²) < 4.78 is 3.37. The molecule has 2 fully saturated rings. The zero-order chi connectivity index (χ0) is 21.7. The van der Waals surface area contributed by atoms with Gasteiger partial charge in [0.25, 0.3) is 30.0 Å². The monoisotopic (exact) mass is 421 g/mol. The maximum absolute atomic E-state index is 12.8. The maximum Gasteiger partial charge on any atom is 0.333 e. The molecule has 4 heterocycles. The van der Waals surface area contributed by atoms with Crippen LogP contribution in [0.1, 0.15) is 6.04 Å². The van der Waals surface area contributed by atoms with Gasteiger partial charge < -0.3 is 4.90 Å². The SMILES string of the molecule is CN1C(=O)C2C(=NC=[N+]2CC(=O)N2CC(n3cc(-c4ccccc4)nn3)C2)N(C)C1=O. The van der Waals surface area contributed by atoms with Gasteiger partial charge in [-0.2, -0.15) is 0 Å². The van der Waals surface area contributed by atoms with Crippen molar-refractivity contribution in [2.45, 2.75) is 12.1 Å². The van der Waals surface area contributed by atoms with E-state index in [1.807, 2.05) is 36.5 Å². The van der Waals surface area contributed by atoms with Crippen LogP contribution in [0.3, 0.4) is 0 Å². The molecule has 0 saturated carbocycles. The van der Waals surface area contributed by atoms with Crippen molar-refractivity contribution < 1.29 is 19.0 Å². The van der Waals surface area contributed by atoms with E-state index in [4.69, 9.17) is 0 Å². The van der Waals surface area contributed by atoms with E-state index in [9.17, 15) is 14.4 Å². The van der Waals surface area contributed by atoms with Crippen LogP contribution in [-0.4, -0.2) is 104 Å². The summed E-state index contributed by atoms with van der Waals surface area (Å²) >= 11 is 0. The van der Waals surface area contributed by atoms with Crippen LogP contribution < -0.4 is 0 Å². The smallest absolute Gasteiger partial charge is 0.333 e. The van der Waals surface area contributed by atoms with Crippen molar-refractivity contribution in [3.8, 4) is 11.3 Å². The summed E-state index contributed by atoms with van der Waals surface area (Å²) in [6.07, 6.45) is 3.35. The quantitative estimate of drug-likeness (QED) is 0.629. The normalized spacial score (nSPS) is 21.1. The first-order valence-electron chi connectivity index (χ1n) is 9.91. The van der Waals surface area contributed by atoms with E-state index >= 15 is 0 Å². The Morgan fingerprint density at radius 3 is 2.61 bits per heavy atom. The highest BCUT2D eigenvalue weighted by Crippen LogP contribution is 2.24. The second-order valence-corrected chi connectivity index (χ2v) is 7.82. The number of carbonyl (C=O) groups excluding carboxylic acids is 3. The molecule has 158 valence electrons. The average molecular weight is 421 g/mol. The van der Waals surface area contributed by atoms with E-state index in [2.05, 4.69) is 15.3 Å². The fourth-order valence-electron chi connectivity index (χ4n) is 3.95. The molecule has 11 heteroatoms. The lowest BCUT2D eigenvalue weighted by Crippen LogP contribution is -2.62. The molecule has 1 aromatic heterocycles. The van der Waals surface area contributed by atoms with Gasteiger partial charge in [0.15, 0.2) is 6.54 Å². The van der Waals surface area contributed by atoms with E-state index in [-0.39, 0.29) is 24.4 Å². The molecular formula is C20H21N8O3+. The Bertz CT molecular complexity index is 1130. The first-order valence-corrected chi connectivity index (χ1v) is 9.91. The van der Waals surface area contributed by atoms with E-state index < -0.39 is 12.1 Å². The zero-order valence-corrected chi connectivity index (χ0v) is 17.1. The van der Waals surface area contributed by atoms with Gasteiger partial charge in [-0.1, -0.05) is 35.5 Å². The third kappa shape index (κ3) is 3.09. The van der Waals surface area contributed by atoms with Gasteiger partial charge in [-0.3, -0.25) is 19.4 Å². The van der Waals surface area contributed by atoms with Crippen LogP contribution in [0.5, 0.6) is 0 Å². The molecule has 11 nitrogen and oxygen atoms in total. The van der Waals surface area contributed by atoms with Crippen molar-refractivity contribution in [2.24, 2.45) is 4.99 Å². The van der Waals surface area contributed by atoms with Crippen molar-refractivity contribution in [1.82, 2.24) is 29.7 Å². The van der Waals surface area contributed by atoms with Crippen LogP contribution in [0, 0.1) is 0 Å². The number of aromatic nitrogens is 3. The van der Waals surface area contributed by atoms with Crippen molar-refractivity contribution in [3.05, 3.63) is 36.5 Å². The molecular weight excluding hydrogens is 400 g/mol. The standard InChI is InChI=1S/C20H21N8O3/c1-24-18-17(19(30)25(2)20(24)31)27(12-21-18)11-16(29)26-8-14(9-26)28-10-15(22-23-28)13-6-4-3-5-7-13/h3-7,10,12,14,17H,8-9,11H2,1-2H3/q+1. The number of likely N-dealkylation sites (tertiary alicyclic amines) is 1. The van der Waals surface area contributed by atoms with E-state index in [0.29, 0.717) is 18.9 Å². The lowest BCUT2D eigenvalue weighted by molar-refractivity contribution is -0.521. The lowest BCUT2D eigenvalue weighted by atomic mass is 10.1. The molecule has 1 unspecified atom stereocenters. The molecule has 0 N–H and O–H groups in total. The van der Waals surface area contributed by atoms with Gasteiger partial charge in [-0.15, -0.1) is 5.10 Å². The van der Waals surface area contributed by atoms with E-state index in [1.165, 1.54) is 18.3 Å². The number of rotatable bonds is 4. The first kappa shape index (κ1) is 19.1. The number of benzene rings is 1. The predicted octanol–water partition coefficient (Wildman–Crippen LogP) is -0.326. The second kappa shape index (κ2) is 7.11. The number of nitrogens with zero attached hydrogens (tertiary/aromatic N) is 8. The van der Waals surface area contributed by atoms with E-state index in [0.717, 1.165) is 16.2 Å². The number of imide groups is 1. The highest BCUT2D eigenvalue weighted by Gasteiger charge is 2.51. The Morgan fingerprint density at radius 2 is 1.87 bits per heavy atom. The van der Waals surface area contributed by atoms with Crippen LogP contribution in [-0.2, 0) is 9.59 Å². The average Bonchev–Trinajstić information content (AvgIpc) is 3.38. The second-order valence-electron chi connectivity index (χ2n) is 7.82. The van der Waals surface area contributed by atoms with Crippen molar-refractivity contribution >= 4 is 30.0 Å². The van der Waals surface area contributed by atoms with E-state index in [1.54, 1.807) is 21.2 Å². The number of amidine groups is 1. The minimum absolute atomic E-state index is 0.0125. The largest absolute Gasteiger partial charge is 0.335 e. The molecule has 31 heavy (non-hydrogen) atoms. The molecule has 3 aliphatic heterocycles. The Balaban J connectivity index is 1.20. The lowest BCUT2D eigenvalue weighted by Gasteiger charge is -2.38. The summed E-state index contributed by atoms with van der Waals surface area (Å²) in [5.41, 5.74) is 1.78. The number of carbonyl (C=O) groups is 3. The molecule has 3 aliphatic rings. The molecule has 0 aliphatic carbocycles. The summed E-state index contributed by atoms with van der Waals surface area (Å²) in [5.74, 6) is -0.151. The molecule has 1 aromatic carbocycles. The predicted molar refractivity (Wildman–Crippen MR) is 109 cm³/mol. The fraction of sp³-hybridized carbons (Fsp3) is 0.350. The molecule has 0 spiro atoms. The van der Waals surface area contributed by atoms with Gasteiger partial charge in [0.05, 0.1) is 12.2 Å². The van der Waals surface area contributed by atoms with Crippen LogP contribution in [0.4, 0.5) is 4.79 Å². The van der Waals surface area contributed by atoms with Crippen LogP contribution in [0.2, 0.25) is 0 Å². The van der Waals surface area contributed by atoms with Crippen LogP contribution >= 0.6 is 0 Å².